The Morgan fingerprint density at radius 2 is 2.14 bits per heavy atom. The number of carbonyl (C=O) groups is 1. The number of aldehydes is 1. The molecular formula is C12H11ClO. The molecule has 1 nitrogen and oxygen atoms in total. The molecule has 0 bridgehead atoms. The SMILES string of the molecule is CC1Cc2ccccc2C(Cl)=C1C=O. The molecule has 1 atom stereocenters. The zero-order valence-corrected chi connectivity index (χ0v) is 8.71. The van der Waals surface area contributed by atoms with Gasteiger partial charge in [0.15, 0.2) is 0 Å². The average molecular weight is 207 g/mol. The van der Waals surface area contributed by atoms with Crippen LogP contribution in [0.15, 0.2) is 29.8 Å². The first-order valence-corrected chi connectivity index (χ1v) is 5.05. The lowest BCUT2D eigenvalue weighted by atomic mass is 9.85. The second-order valence-corrected chi connectivity index (χ2v) is 4.03. The van der Waals surface area contributed by atoms with Crippen LogP contribution in [0.4, 0.5) is 0 Å². The Balaban J connectivity index is 2.61. The minimum absolute atomic E-state index is 0.231. The third-order valence-electron chi connectivity index (χ3n) is 2.69. The highest BCUT2D eigenvalue weighted by molar-refractivity contribution is 6.50. The molecule has 1 aliphatic carbocycles. The summed E-state index contributed by atoms with van der Waals surface area (Å²) < 4.78 is 0. The Morgan fingerprint density at radius 3 is 2.86 bits per heavy atom. The summed E-state index contributed by atoms with van der Waals surface area (Å²) in [6, 6.07) is 7.98. The molecule has 0 radical (unpaired) electrons. The molecular weight excluding hydrogens is 196 g/mol. The van der Waals surface area contributed by atoms with Crippen molar-refractivity contribution in [2.24, 2.45) is 5.92 Å². The van der Waals surface area contributed by atoms with Gasteiger partial charge in [0.1, 0.15) is 6.29 Å². The summed E-state index contributed by atoms with van der Waals surface area (Å²) in [5, 5.41) is 0.620. The lowest BCUT2D eigenvalue weighted by Crippen LogP contribution is -2.12. The largest absolute Gasteiger partial charge is 0.298 e. The van der Waals surface area contributed by atoms with E-state index in [0.29, 0.717) is 5.03 Å². The fourth-order valence-electron chi connectivity index (χ4n) is 1.89. The third kappa shape index (κ3) is 1.38. The van der Waals surface area contributed by atoms with Crippen molar-refractivity contribution in [3.05, 3.63) is 41.0 Å². The molecule has 1 unspecified atom stereocenters. The maximum Gasteiger partial charge on any atom is 0.147 e. The first kappa shape index (κ1) is 9.47. The van der Waals surface area contributed by atoms with Crippen molar-refractivity contribution in [2.75, 3.05) is 0 Å². The summed E-state index contributed by atoms with van der Waals surface area (Å²) in [6.07, 6.45) is 1.78. The third-order valence-corrected chi connectivity index (χ3v) is 3.11. The van der Waals surface area contributed by atoms with Gasteiger partial charge >= 0.3 is 0 Å². The van der Waals surface area contributed by atoms with Gasteiger partial charge < -0.3 is 0 Å². The maximum absolute atomic E-state index is 10.8. The van der Waals surface area contributed by atoms with E-state index in [2.05, 4.69) is 6.07 Å². The van der Waals surface area contributed by atoms with Gasteiger partial charge in [-0.2, -0.15) is 0 Å². The number of fused-ring (bicyclic) bond motifs is 1. The molecule has 0 spiro atoms. The molecule has 0 saturated heterocycles. The first-order chi connectivity index (χ1) is 6.74. The zero-order chi connectivity index (χ0) is 10.1. The van der Waals surface area contributed by atoms with Crippen molar-refractivity contribution in [3.63, 3.8) is 0 Å². The predicted octanol–water partition coefficient (Wildman–Crippen LogP) is 3.03. The van der Waals surface area contributed by atoms with Crippen LogP contribution >= 0.6 is 11.6 Å². The van der Waals surface area contributed by atoms with E-state index in [-0.39, 0.29) is 5.92 Å². The molecule has 72 valence electrons. The van der Waals surface area contributed by atoms with Crippen molar-refractivity contribution in [2.45, 2.75) is 13.3 Å². The number of carbonyl (C=O) groups excluding carboxylic acids is 1. The Bertz CT molecular complexity index is 407. The number of allylic oxidation sites excluding steroid dienone is 1. The van der Waals surface area contributed by atoms with Gasteiger partial charge in [0.05, 0.1) is 5.03 Å². The quantitative estimate of drug-likeness (QED) is 0.646. The lowest BCUT2D eigenvalue weighted by Gasteiger charge is -2.22. The highest BCUT2D eigenvalue weighted by Gasteiger charge is 2.22. The van der Waals surface area contributed by atoms with Gasteiger partial charge in [-0.05, 0) is 23.5 Å². The average Bonchev–Trinajstić information content (AvgIpc) is 2.18. The van der Waals surface area contributed by atoms with Crippen molar-refractivity contribution in [3.8, 4) is 0 Å². The van der Waals surface area contributed by atoms with Crippen LogP contribution in [0.2, 0.25) is 0 Å². The highest BCUT2D eigenvalue weighted by atomic mass is 35.5. The Labute approximate surface area is 88.4 Å². The van der Waals surface area contributed by atoms with Crippen LogP contribution < -0.4 is 0 Å². The summed E-state index contributed by atoms with van der Waals surface area (Å²) in [5.41, 5.74) is 2.97. The number of rotatable bonds is 1. The van der Waals surface area contributed by atoms with E-state index in [4.69, 9.17) is 11.6 Å². The summed E-state index contributed by atoms with van der Waals surface area (Å²) in [4.78, 5) is 10.8. The van der Waals surface area contributed by atoms with Gasteiger partial charge in [-0.25, -0.2) is 0 Å². The summed E-state index contributed by atoms with van der Waals surface area (Å²) >= 11 is 6.16. The van der Waals surface area contributed by atoms with E-state index in [1.165, 1.54) is 5.56 Å². The van der Waals surface area contributed by atoms with E-state index in [9.17, 15) is 4.79 Å². The van der Waals surface area contributed by atoms with Crippen LogP contribution in [0.1, 0.15) is 18.1 Å². The van der Waals surface area contributed by atoms with Crippen LogP contribution in [-0.2, 0) is 11.2 Å². The van der Waals surface area contributed by atoms with Gasteiger partial charge in [0, 0.05) is 5.57 Å². The lowest BCUT2D eigenvalue weighted by molar-refractivity contribution is -0.105. The number of hydrogen-bond donors (Lipinski definition) is 0. The van der Waals surface area contributed by atoms with Gasteiger partial charge in [0.25, 0.3) is 0 Å². The second kappa shape index (κ2) is 3.58. The topological polar surface area (TPSA) is 17.1 Å². The Hall–Kier alpha value is -1.08. The molecule has 1 aromatic rings. The first-order valence-electron chi connectivity index (χ1n) is 4.67. The highest BCUT2D eigenvalue weighted by Crippen LogP contribution is 2.35. The predicted molar refractivity (Wildman–Crippen MR) is 58.1 cm³/mol. The normalized spacial score (nSPS) is 20.6. The summed E-state index contributed by atoms with van der Waals surface area (Å²) in [7, 11) is 0. The Morgan fingerprint density at radius 1 is 1.43 bits per heavy atom. The van der Waals surface area contributed by atoms with Gasteiger partial charge in [-0.3, -0.25) is 4.79 Å². The van der Waals surface area contributed by atoms with Crippen LogP contribution in [-0.4, -0.2) is 6.29 Å². The minimum atomic E-state index is 0.231. The van der Waals surface area contributed by atoms with Crippen LogP contribution in [0.5, 0.6) is 0 Å². The van der Waals surface area contributed by atoms with E-state index < -0.39 is 0 Å². The van der Waals surface area contributed by atoms with Gasteiger partial charge in [-0.1, -0.05) is 42.8 Å². The van der Waals surface area contributed by atoms with E-state index in [1.807, 2.05) is 25.1 Å². The number of halogens is 1. The minimum Gasteiger partial charge on any atom is -0.298 e. The van der Waals surface area contributed by atoms with Crippen molar-refractivity contribution in [1.29, 1.82) is 0 Å². The van der Waals surface area contributed by atoms with Crippen molar-refractivity contribution >= 4 is 22.9 Å². The zero-order valence-electron chi connectivity index (χ0n) is 7.96. The van der Waals surface area contributed by atoms with E-state index in [0.717, 1.165) is 23.8 Å². The van der Waals surface area contributed by atoms with E-state index >= 15 is 0 Å². The fraction of sp³-hybridized carbons (Fsp3) is 0.250. The van der Waals surface area contributed by atoms with Crippen molar-refractivity contribution < 1.29 is 4.79 Å². The summed E-state index contributed by atoms with van der Waals surface area (Å²) in [6.45, 7) is 2.03. The smallest absolute Gasteiger partial charge is 0.147 e. The van der Waals surface area contributed by atoms with Gasteiger partial charge in [-0.15, -0.1) is 0 Å². The van der Waals surface area contributed by atoms with Crippen LogP contribution in [0, 0.1) is 5.92 Å². The van der Waals surface area contributed by atoms with Crippen molar-refractivity contribution in [1.82, 2.24) is 0 Å². The molecule has 0 fully saturated rings. The molecule has 0 saturated carbocycles. The summed E-state index contributed by atoms with van der Waals surface area (Å²) in [5.74, 6) is 0.231. The molecule has 0 amide bonds. The monoisotopic (exact) mass is 206 g/mol. The molecule has 0 aromatic heterocycles. The molecule has 1 aliphatic rings. The maximum atomic E-state index is 10.8. The molecule has 14 heavy (non-hydrogen) atoms. The number of hydrogen-bond acceptors (Lipinski definition) is 1. The molecule has 2 heteroatoms. The van der Waals surface area contributed by atoms with Crippen LogP contribution in [0.3, 0.4) is 0 Å². The van der Waals surface area contributed by atoms with E-state index in [1.54, 1.807) is 0 Å². The van der Waals surface area contributed by atoms with Gasteiger partial charge in [0.2, 0.25) is 0 Å². The molecule has 0 N–H and O–H groups in total. The fourth-order valence-corrected chi connectivity index (χ4v) is 2.31. The second-order valence-electron chi connectivity index (χ2n) is 3.65. The van der Waals surface area contributed by atoms with Crippen LogP contribution in [0.25, 0.3) is 5.03 Å². The standard InChI is InChI=1S/C12H11ClO/c1-8-6-9-4-2-3-5-10(9)12(13)11(8)7-14/h2-5,7-8H,6H2,1H3. The molecule has 0 aliphatic heterocycles. The molecule has 0 heterocycles. The number of benzene rings is 1. The molecule has 2 rings (SSSR count). The molecule has 1 aromatic carbocycles. The Kier molecular flexibility index (Phi) is 2.42.